The van der Waals surface area contributed by atoms with Gasteiger partial charge in [-0.2, -0.15) is 0 Å². The van der Waals surface area contributed by atoms with E-state index in [1.165, 1.54) is 0 Å². The van der Waals surface area contributed by atoms with Gasteiger partial charge in [-0.25, -0.2) is 14.6 Å². The van der Waals surface area contributed by atoms with Gasteiger partial charge >= 0.3 is 0 Å². The van der Waals surface area contributed by atoms with Gasteiger partial charge in [-0.3, -0.25) is 9.69 Å². The van der Waals surface area contributed by atoms with Gasteiger partial charge in [0, 0.05) is 49.6 Å². The molecule has 4 heterocycles. The molecule has 14 heteroatoms. The third-order valence-corrected chi connectivity index (χ3v) is 6.86. The Hall–Kier alpha value is -4.72. The van der Waals surface area contributed by atoms with E-state index >= 15 is 0 Å². The number of pyridine rings is 1. The summed E-state index contributed by atoms with van der Waals surface area (Å²) in [6, 6.07) is 16.0. The fourth-order valence-corrected chi connectivity index (χ4v) is 4.70. The second kappa shape index (κ2) is 13.5. The Kier molecular flexibility index (Phi) is 9.35. The highest BCUT2D eigenvalue weighted by Crippen LogP contribution is 2.30. The van der Waals surface area contributed by atoms with E-state index in [-0.39, 0.29) is 24.1 Å². The zero-order valence-corrected chi connectivity index (χ0v) is 24.2. The Bertz CT molecular complexity index is 1680. The lowest BCUT2D eigenvalue weighted by molar-refractivity contribution is -0.0000201. The summed E-state index contributed by atoms with van der Waals surface area (Å²) in [6.45, 7) is 7.37. The molecule has 1 aliphatic heterocycles. The molecule has 0 atom stereocenters. The molecule has 0 spiro atoms. The Balaban J connectivity index is 0.00000368. The molecular weight excluding hydrogens is 576 g/mol. The number of ether oxygens (including phenoxy) is 3. The zero-order valence-electron chi connectivity index (χ0n) is 23.4. The number of carbonyl (C=O) groups is 1. The molecular formula is C29H30ClN8O5-. The van der Waals surface area contributed by atoms with E-state index < -0.39 is 0 Å². The number of nitrogens with two attached hydrogens (primary N) is 1. The first-order valence-electron chi connectivity index (χ1n) is 13.6. The van der Waals surface area contributed by atoms with Gasteiger partial charge in [-0.15, -0.1) is 0 Å². The van der Waals surface area contributed by atoms with Crippen LogP contribution in [0.1, 0.15) is 17.3 Å². The summed E-state index contributed by atoms with van der Waals surface area (Å²) in [5.41, 5.74) is 8.78. The van der Waals surface area contributed by atoms with Crippen molar-refractivity contribution in [3.05, 3.63) is 66.4 Å². The lowest BCUT2D eigenvalue weighted by atomic mass is 10.2. The number of nitrogens with one attached hydrogen (secondary N) is 1. The van der Waals surface area contributed by atoms with Gasteiger partial charge in [0.1, 0.15) is 23.6 Å². The van der Waals surface area contributed by atoms with E-state index in [9.17, 15) is 4.79 Å². The molecule has 0 saturated carbocycles. The van der Waals surface area contributed by atoms with Crippen molar-refractivity contribution in [1.82, 2.24) is 29.7 Å². The van der Waals surface area contributed by atoms with E-state index in [0.717, 1.165) is 44.1 Å². The Morgan fingerprint density at radius 2 is 1.88 bits per heavy atom. The molecule has 6 rings (SSSR count). The van der Waals surface area contributed by atoms with Crippen molar-refractivity contribution in [2.75, 3.05) is 50.5 Å². The molecule has 43 heavy (non-hydrogen) atoms. The van der Waals surface area contributed by atoms with Crippen molar-refractivity contribution in [2.24, 2.45) is 0 Å². The maximum atomic E-state index is 12.9. The highest BCUT2D eigenvalue weighted by atomic mass is 35.5. The maximum absolute atomic E-state index is 12.9. The molecule has 5 aromatic rings. The van der Waals surface area contributed by atoms with Gasteiger partial charge in [0.15, 0.2) is 17.3 Å². The fraction of sp³-hybridized carbons (Fsp3) is 0.276. The average Bonchev–Trinajstić information content (AvgIpc) is 3.60. The lowest BCUT2D eigenvalue weighted by Gasteiger charge is -2.26. The molecule has 0 radical (unpaired) electrons. The SMILES string of the molecule is CCn1c(-c2nonc2N)nc2cnc(Oc3cccc(NC(=O)c4ccc(OCCN5CCOCC5)cc4)c3)cc21.[Cl-]. The Morgan fingerprint density at radius 3 is 2.63 bits per heavy atom. The van der Waals surface area contributed by atoms with Crippen molar-refractivity contribution < 1.29 is 36.0 Å². The average molecular weight is 606 g/mol. The van der Waals surface area contributed by atoms with Crippen LogP contribution >= 0.6 is 0 Å². The number of fused-ring (bicyclic) bond motifs is 1. The highest BCUT2D eigenvalue weighted by Gasteiger charge is 2.19. The third-order valence-electron chi connectivity index (χ3n) is 6.86. The summed E-state index contributed by atoms with van der Waals surface area (Å²) in [4.78, 5) is 24.2. The molecule has 3 N–H and O–H groups in total. The summed E-state index contributed by atoms with van der Waals surface area (Å²) >= 11 is 0. The summed E-state index contributed by atoms with van der Waals surface area (Å²) in [5, 5.41) is 10.4. The number of rotatable bonds is 10. The van der Waals surface area contributed by atoms with Gasteiger partial charge in [0.2, 0.25) is 5.88 Å². The monoisotopic (exact) mass is 605 g/mol. The topological polar surface area (TPSA) is 156 Å². The zero-order chi connectivity index (χ0) is 28.9. The minimum Gasteiger partial charge on any atom is -1.00 e. The van der Waals surface area contributed by atoms with E-state index in [1.54, 1.807) is 60.8 Å². The second-order valence-electron chi connectivity index (χ2n) is 9.60. The van der Waals surface area contributed by atoms with E-state index in [2.05, 4.69) is 30.5 Å². The predicted molar refractivity (Wildman–Crippen MR) is 155 cm³/mol. The number of nitrogens with zero attached hydrogens (tertiary/aromatic N) is 6. The number of hydrogen-bond donors (Lipinski definition) is 2. The number of amides is 1. The van der Waals surface area contributed by atoms with E-state index in [4.69, 9.17) is 24.6 Å². The van der Waals surface area contributed by atoms with Crippen LogP contribution in [0, 0.1) is 0 Å². The first-order valence-corrected chi connectivity index (χ1v) is 13.6. The summed E-state index contributed by atoms with van der Waals surface area (Å²) in [7, 11) is 0. The number of nitrogen functional groups attached to an aromatic ring is 1. The lowest BCUT2D eigenvalue weighted by Crippen LogP contribution is -3.00. The molecule has 1 fully saturated rings. The number of morpholine rings is 1. The van der Waals surface area contributed by atoms with Crippen molar-refractivity contribution in [3.8, 4) is 28.9 Å². The number of halogens is 1. The molecule has 1 amide bonds. The molecule has 0 unspecified atom stereocenters. The molecule has 1 saturated heterocycles. The Labute approximate surface area is 253 Å². The number of benzene rings is 2. The van der Waals surface area contributed by atoms with E-state index in [1.807, 2.05) is 11.5 Å². The van der Waals surface area contributed by atoms with Crippen molar-refractivity contribution in [1.29, 1.82) is 0 Å². The van der Waals surface area contributed by atoms with Crippen LogP contribution < -0.4 is 32.9 Å². The van der Waals surface area contributed by atoms with Crippen molar-refractivity contribution >= 4 is 28.4 Å². The van der Waals surface area contributed by atoms with Crippen LogP contribution in [-0.2, 0) is 11.3 Å². The molecule has 224 valence electrons. The molecule has 2 aromatic carbocycles. The van der Waals surface area contributed by atoms with Crippen LogP contribution in [0.15, 0.2) is 65.4 Å². The van der Waals surface area contributed by atoms with Crippen molar-refractivity contribution in [2.45, 2.75) is 13.5 Å². The minimum absolute atomic E-state index is 0. The number of hydrogen-bond acceptors (Lipinski definition) is 11. The van der Waals surface area contributed by atoms with Gasteiger partial charge in [0.05, 0.1) is 24.9 Å². The van der Waals surface area contributed by atoms with Crippen LogP contribution in [0.25, 0.3) is 22.6 Å². The normalized spacial score (nSPS) is 13.4. The largest absolute Gasteiger partial charge is 1.00 e. The number of aromatic nitrogens is 5. The Morgan fingerprint density at radius 1 is 1.07 bits per heavy atom. The van der Waals surface area contributed by atoms with Crippen LogP contribution in [0.4, 0.5) is 11.5 Å². The second-order valence-corrected chi connectivity index (χ2v) is 9.60. The highest BCUT2D eigenvalue weighted by molar-refractivity contribution is 6.04. The van der Waals surface area contributed by atoms with Crippen LogP contribution in [0.5, 0.6) is 17.4 Å². The van der Waals surface area contributed by atoms with Crippen LogP contribution in [0.2, 0.25) is 0 Å². The summed E-state index contributed by atoms with van der Waals surface area (Å²) in [5.74, 6) is 2.04. The maximum Gasteiger partial charge on any atom is 0.255 e. The predicted octanol–water partition coefficient (Wildman–Crippen LogP) is 0.843. The summed E-state index contributed by atoms with van der Waals surface area (Å²) in [6.07, 6.45) is 1.62. The smallest absolute Gasteiger partial charge is 0.255 e. The number of anilines is 2. The number of aryl methyl sites for hydroxylation is 1. The van der Waals surface area contributed by atoms with Gasteiger partial charge in [0.25, 0.3) is 5.91 Å². The van der Waals surface area contributed by atoms with Gasteiger partial charge < -0.3 is 42.2 Å². The summed E-state index contributed by atoms with van der Waals surface area (Å²) < 4.78 is 23.9. The molecule has 0 bridgehead atoms. The first kappa shape index (κ1) is 29.8. The molecule has 0 aliphatic carbocycles. The number of carbonyl (C=O) groups excluding carboxylic acids is 1. The standard InChI is InChI=1S/C29H30N8O5.ClH/c1-2-37-24-17-25(31-18-23(24)33-28(37)26-27(30)35-42-34-26)41-22-5-3-4-20(16-22)32-29(38)19-6-8-21(9-7-19)40-15-12-36-10-13-39-14-11-36;/h3-9,16-18H,2,10-15H2,1H3,(H2,30,35)(H,32,38);1H/p-1. The molecule has 3 aromatic heterocycles. The van der Waals surface area contributed by atoms with E-state index in [0.29, 0.717) is 53.1 Å². The quantitative estimate of drug-likeness (QED) is 0.233. The van der Waals surface area contributed by atoms with Crippen molar-refractivity contribution in [3.63, 3.8) is 0 Å². The minimum atomic E-state index is -0.243. The number of imidazole rings is 1. The molecule has 13 nitrogen and oxygen atoms in total. The van der Waals surface area contributed by atoms with Crippen LogP contribution in [-0.4, -0.2) is 75.1 Å². The van der Waals surface area contributed by atoms with Crippen LogP contribution in [0.3, 0.4) is 0 Å². The van der Waals surface area contributed by atoms with Gasteiger partial charge in [-0.1, -0.05) is 6.07 Å². The molecule has 1 aliphatic rings. The van der Waals surface area contributed by atoms with Gasteiger partial charge in [-0.05, 0) is 53.6 Å². The fourth-order valence-electron chi connectivity index (χ4n) is 4.70. The third kappa shape index (κ3) is 6.85. The first-order chi connectivity index (χ1) is 20.6.